The molecule has 2 unspecified atom stereocenters. The molecule has 4 rings (SSSR count). The molecule has 146 valence electrons. The Morgan fingerprint density at radius 3 is 2.32 bits per heavy atom. The summed E-state index contributed by atoms with van der Waals surface area (Å²) < 4.78 is 13.7. The summed E-state index contributed by atoms with van der Waals surface area (Å²) in [6.07, 6.45) is 0.545. The van der Waals surface area contributed by atoms with E-state index in [1.165, 1.54) is 17.7 Å². The van der Waals surface area contributed by atoms with Crippen LogP contribution in [-0.2, 0) is 16.1 Å². The van der Waals surface area contributed by atoms with Crippen molar-refractivity contribution < 1.29 is 14.0 Å². The highest BCUT2D eigenvalue weighted by molar-refractivity contribution is 5.99. The molecule has 1 aliphatic heterocycles. The maximum absolute atomic E-state index is 13.7. The van der Waals surface area contributed by atoms with Gasteiger partial charge in [-0.1, -0.05) is 42.5 Å². The van der Waals surface area contributed by atoms with Crippen molar-refractivity contribution in [2.75, 3.05) is 31.5 Å². The Morgan fingerprint density at radius 1 is 0.929 bits per heavy atom. The SMILES string of the molecule is O=C(Nc1ccccc1F)C1CC1C(=O)N1CCN(Cc2ccccc2)CC1. The monoisotopic (exact) mass is 381 g/mol. The summed E-state index contributed by atoms with van der Waals surface area (Å²) in [4.78, 5) is 29.2. The van der Waals surface area contributed by atoms with Crippen molar-refractivity contribution >= 4 is 17.5 Å². The van der Waals surface area contributed by atoms with Gasteiger partial charge in [-0.2, -0.15) is 0 Å². The summed E-state index contributed by atoms with van der Waals surface area (Å²) in [7, 11) is 0. The predicted molar refractivity (Wildman–Crippen MR) is 105 cm³/mol. The zero-order valence-corrected chi connectivity index (χ0v) is 15.7. The van der Waals surface area contributed by atoms with Gasteiger partial charge in [-0.15, -0.1) is 0 Å². The van der Waals surface area contributed by atoms with Crippen LogP contribution in [0.2, 0.25) is 0 Å². The van der Waals surface area contributed by atoms with Gasteiger partial charge in [-0.25, -0.2) is 4.39 Å². The van der Waals surface area contributed by atoms with Gasteiger partial charge in [-0.3, -0.25) is 14.5 Å². The van der Waals surface area contributed by atoms with Crippen molar-refractivity contribution in [3.8, 4) is 0 Å². The number of nitrogens with one attached hydrogen (secondary N) is 1. The fourth-order valence-corrected chi connectivity index (χ4v) is 3.75. The number of nitrogens with zero attached hydrogens (tertiary/aromatic N) is 2. The first-order valence-electron chi connectivity index (χ1n) is 9.72. The first-order chi connectivity index (χ1) is 13.6. The molecule has 1 N–H and O–H groups in total. The molecule has 1 heterocycles. The number of hydrogen-bond acceptors (Lipinski definition) is 3. The Bertz CT molecular complexity index is 850. The van der Waals surface area contributed by atoms with Crippen LogP contribution in [0.4, 0.5) is 10.1 Å². The third-order valence-electron chi connectivity index (χ3n) is 5.51. The molecule has 2 aromatic carbocycles. The molecular weight excluding hydrogens is 357 g/mol. The molecule has 1 aliphatic carbocycles. The van der Waals surface area contributed by atoms with Gasteiger partial charge in [0, 0.05) is 32.7 Å². The Balaban J connectivity index is 1.25. The molecular formula is C22H24FN3O2. The molecule has 0 aromatic heterocycles. The molecule has 2 amide bonds. The Morgan fingerprint density at radius 2 is 1.61 bits per heavy atom. The summed E-state index contributed by atoms with van der Waals surface area (Å²) in [6.45, 7) is 3.92. The molecule has 0 spiro atoms. The zero-order chi connectivity index (χ0) is 19.5. The van der Waals surface area contributed by atoms with Crippen LogP contribution in [0.25, 0.3) is 0 Å². The van der Waals surface area contributed by atoms with Crippen LogP contribution in [0.1, 0.15) is 12.0 Å². The van der Waals surface area contributed by atoms with Crippen molar-refractivity contribution in [3.05, 3.63) is 66.0 Å². The third-order valence-corrected chi connectivity index (χ3v) is 5.51. The molecule has 0 radical (unpaired) electrons. The van der Waals surface area contributed by atoms with E-state index in [1.54, 1.807) is 12.1 Å². The van der Waals surface area contributed by atoms with Crippen molar-refractivity contribution in [1.29, 1.82) is 0 Å². The number of halogens is 1. The highest BCUT2D eigenvalue weighted by atomic mass is 19.1. The zero-order valence-electron chi connectivity index (χ0n) is 15.7. The average Bonchev–Trinajstić information content (AvgIpc) is 3.52. The van der Waals surface area contributed by atoms with Crippen LogP contribution in [0.15, 0.2) is 54.6 Å². The van der Waals surface area contributed by atoms with Crippen LogP contribution >= 0.6 is 0 Å². The molecule has 0 bridgehead atoms. The van der Waals surface area contributed by atoms with Crippen LogP contribution in [0, 0.1) is 17.7 Å². The highest BCUT2D eigenvalue weighted by Gasteiger charge is 2.49. The minimum Gasteiger partial charge on any atom is -0.340 e. The summed E-state index contributed by atoms with van der Waals surface area (Å²) in [5.41, 5.74) is 1.44. The molecule has 5 nitrogen and oxygen atoms in total. The Hall–Kier alpha value is -2.73. The number of carbonyl (C=O) groups is 2. The minimum absolute atomic E-state index is 0.0491. The number of benzene rings is 2. The lowest BCUT2D eigenvalue weighted by Gasteiger charge is -2.35. The van der Waals surface area contributed by atoms with Gasteiger partial charge in [0.05, 0.1) is 17.5 Å². The second-order valence-electron chi connectivity index (χ2n) is 7.50. The summed E-state index contributed by atoms with van der Waals surface area (Å²) in [6, 6.07) is 16.4. The summed E-state index contributed by atoms with van der Waals surface area (Å²) in [5, 5.41) is 2.60. The highest BCUT2D eigenvalue weighted by Crippen LogP contribution is 2.41. The normalized spacial score (nSPS) is 22.0. The lowest BCUT2D eigenvalue weighted by molar-refractivity contribution is -0.135. The standard InChI is InChI=1S/C22H24FN3O2/c23-19-8-4-5-9-20(19)24-21(27)17-14-18(17)22(28)26-12-10-25(11-13-26)15-16-6-2-1-3-7-16/h1-9,17-18H,10-15H2,(H,24,27). The van der Waals surface area contributed by atoms with Crippen molar-refractivity contribution in [3.63, 3.8) is 0 Å². The number of carbonyl (C=O) groups excluding carboxylic acids is 2. The van der Waals surface area contributed by atoms with E-state index in [9.17, 15) is 14.0 Å². The van der Waals surface area contributed by atoms with E-state index in [0.29, 0.717) is 19.5 Å². The lowest BCUT2D eigenvalue weighted by atomic mass is 10.2. The van der Waals surface area contributed by atoms with Crippen LogP contribution in [-0.4, -0.2) is 47.8 Å². The van der Waals surface area contributed by atoms with E-state index in [0.717, 1.165) is 19.6 Å². The first-order valence-corrected chi connectivity index (χ1v) is 9.72. The molecule has 1 saturated carbocycles. The second kappa shape index (κ2) is 8.10. The quantitative estimate of drug-likeness (QED) is 0.867. The van der Waals surface area contributed by atoms with Gasteiger partial charge >= 0.3 is 0 Å². The number of rotatable bonds is 5. The van der Waals surface area contributed by atoms with E-state index in [2.05, 4.69) is 22.3 Å². The fraction of sp³-hybridized carbons (Fsp3) is 0.364. The van der Waals surface area contributed by atoms with Gasteiger partial charge in [-0.05, 0) is 24.1 Å². The number of amides is 2. The molecule has 2 fully saturated rings. The van der Waals surface area contributed by atoms with Crippen LogP contribution in [0.3, 0.4) is 0 Å². The maximum Gasteiger partial charge on any atom is 0.228 e. The van der Waals surface area contributed by atoms with E-state index >= 15 is 0 Å². The van der Waals surface area contributed by atoms with Crippen LogP contribution in [0.5, 0.6) is 0 Å². The molecule has 6 heteroatoms. The second-order valence-corrected chi connectivity index (χ2v) is 7.50. The number of piperazine rings is 1. The number of hydrogen-bond donors (Lipinski definition) is 1. The van der Waals surface area contributed by atoms with Gasteiger partial charge in [0.15, 0.2) is 0 Å². The third kappa shape index (κ3) is 4.22. The topological polar surface area (TPSA) is 52.7 Å². The molecule has 2 aliphatic rings. The molecule has 2 atom stereocenters. The Kier molecular flexibility index (Phi) is 5.39. The van der Waals surface area contributed by atoms with Crippen molar-refractivity contribution in [1.82, 2.24) is 9.80 Å². The molecule has 28 heavy (non-hydrogen) atoms. The van der Waals surface area contributed by atoms with Gasteiger partial charge in [0.2, 0.25) is 11.8 Å². The fourth-order valence-electron chi connectivity index (χ4n) is 3.75. The van der Waals surface area contributed by atoms with Gasteiger partial charge < -0.3 is 10.2 Å². The largest absolute Gasteiger partial charge is 0.340 e. The summed E-state index contributed by atoms with van der Waals surface area (Å²) in [5.74, 6) is -1.31. The lowest BCUT2D eigenvalue weighted by Crippen LogP contribution is -2.49. The van der Waals surface area contributed by atoms with Crippen molar-refractivity contribution in [2.45, 2.75) is 13.0 Å². The number of anilines is 1. The summed E-state index contributed by atoms with van der Waals surface area (Å²) >= 11 is 0. The van der Waals surface area contributed by atoms with Gasteiger partial charge in [0.1, 0.15) is 5.82 Å². The Labute approximate surface area is 164 Å². The predicted octanol–water partition coefficient (Wildman–Crippen LogP) is 2.74. The van der Waals surface area contributed by atoms with Crippen LogP contribution < -0.4 is 5.32 Å². The first kappa shape index (κ1) is 18.6. The molecule has 1 saturated heterocycles. The average molecular weight is 381 g/mol. The van der Waals surface area contributed by atoms with E-state index in [1.807, 2.05) is 23.1 Å². The smallest absolute Gasteiger partial charge is 0.228 e. The minimum atomic E-state index is -0.464. The molecule has 2 aromatic rings. The maximum atomic E-state index is 13.7. The van der Waals surface area contributed by atoms with Gasteiger partial charge in [0.25, 0.3) is 0 Å². The van der Waals surface area contributed by atoms with E-state index in [4.69, 9.17) is 0 Å². The van der Waals surface area contributed by atoms with E-state index < -0.39 is 5.82 Å². The van der Waals surface area contributed by atoms with Crippen molar-refractivity contribution in [2.24, 2.45) is 11.8 Å². The van der Waals surface area contributed by atoms with E-state index in [-0.39, 0.29) is 29.3 Å². The number of para-hydroxylation sites is 1.